The second-order valence-electron chi connectivity index (χ2n) is 10.2. The lowest BCUT2D eigenvalue weighted by molar-refractivity contribution is 0.0169. The van der Waals surface area contributed by atoms with Crippen molar-refractivity contribution in [2.45, 2.75) is 20.3 Å². The highest BCUT2D eigenvalue weighted by atomic mass is 127. The van der Waals surface area contributed by atoms with Crippen LogP contribution in [-0.4, -0.2) is 48.5 Å². The van der Waals surface area contributed by atoms with Gasteiger partial charge in [-0.15, -0.1) is 0 Å². The number of hydrogen-bond acceptors (Lipinski definition) is 8. The molecule has 0 spiro atoms. The fourth-order valence-electron chi connectivity index (χ4n) is 4.03. The van der Waals surface area contributed by atoms with E-state index < -0.39 is 23.4 Å². The maximum atomic E-state index is 14.0. The van der Waals surface area contributed by atoms with E-state index in [-0.39, 0.29) is 46.5 Å². The second-order valence-corrected chi connectivity index (χ2v) is 14.4. The van der Waals surface area contributed by atoms with Gasteiger partial charge in [0.25, 0.3) is 11.8 Å². The third-order valence-corrected chi connectivity index (χ3v) is 9.01. The molecule has 2 amide bonds. The highest BCUT2D eigenvalue weighted by molar-refractivity contribution is 14.1. The number of aliphatic hydroxyl groups is 2. The highest BCUT2D eigenvalue weighted by Crippen LogP contribution is 2.31. The Labute approximate surface area is 326 Å². The van der Waals surface area contributed by atoms with Crippen molar-refractivity contribution in [3.05, 3.63) is 111 Å². The van der Waals surface area contributed by atoms with Gasteiger partial charge in [0.15, 0.2) is 0 Å². The number of hydroxylamine groups is 2. The molecule has 4 rings (SSSR count). The van der Waals surface area contributed by atoms with Gasteiger partial charge < -0.3 is 20.8 Å². The molecule has 10 nitrogen and oxygen atoms in total. The Balaban J connectivity index is 0.000000266. The Bertz CT molecular complexity index is 1790. The van der Waals surface area contributed by atoms with Crippen LogP contribution in [0.3, 0.4) is 0 Å². The van der Waals surface area contributed by atoms with E-state index in [0.717, 1.165) is 29.6 Å². The minimum absolute atomic E-state index is 0.0309. The van der Waals surface area contributed by atoms with E-state index >= 15 is 0 Å². The summed E-state index contributed by atoms with van der Waals surface area (Å²) in [5.74, 6) is -2.03. The molecule has 0 unspecified atom stereocenters. The Morgan fingerprint density at radius 3 is 1.49 bits per heavy atom. The molecule has 0 radical (unpaired) electrons. The molecule has 16 heteroatoms. The summed E-state index contributed by atoms with van der Waals surface area (Å²) in [6.07, 6.45) is 0.403. The first-order valence-corrected chi connectivity index (χ1v) is 18.2. The molecule has 4 aromatic rings. The van der Waals surface area contributed by atoms with Crippen LogP contribution in [0.25, 0.3) is 0 Å². The normalized spacial score (nSPS) is 10.6. The first-order valence-electron chi connectivity index (χ1n) is 14.4. The number of carbonyl (C=O) groups excluding carboxylic acids is 2. The van der Waals surface area contributed by atoms with Crippen LogP contribution in [0.1, 0.15) is 38.3 Å². The number of aryl methyl sites for hydroxylation is 2. The molecule has 0 bridgehead atoms. The van der Waals surface area contributed by atoms with Crippen molar-refractivity contribution in [3.8, 4) is 0 Å². The minimum Gasteiger partial charge on any atom is -0.396 e. The average Bonchev–Trinajstić information content (AvgIpc) is 3.05. The van der Waals surface area contributed by atoms with Gasteiger partial charge in [-0.3, -0.25) is 19.3 Å². The van der Waals surface area contributed by atoms with Gasteiger partial charge in [-0.2, -0.15) is 0 Å². The van der Waals surface area contributed by atoms with Crippen molar-refractivity contribution in [3.63, 3.8) is 0 Å². The summed E-state index contributed by atoms with van der Waals surface area (Å²) in [5.41, 5.74) is 9.07. The van der Waals surface area contributed by atoms with Crippen LogP contribution in [0, 0.1) is 32.6 Å². The summed E-state index contributed by atoms with van der Waals surface area (Å²) >= 11 is 10.6. The van der Waals surface area contributed by atoms with Gasteiger partial charge >= 0.3 is 0 Å². The molecule has 0 saturated heterocycles. The van der Waals surface area contributed by atoms with Gasteiger partial charge in [-0.05, 0) is 169 Å². The van der Waals surface area contributed by atoms with E-state index in [1.165, 1.54) is 24.3 Å². The quantitative estimate of drug-likeness (QED) is 0.0448. The number of anilines is 4. The third-order valence-electron chi connectivity index (χ3n) is 6.45. The van der Waals surface area contributed by atoms with E-state index in [4.69, 9.17) is 19.9 Å². The topological polar surface area (TPSA) is 141 Å². The van der Waals surface area contributed by atoms with Gasteiger partial charge in [0.2, 0.25) is 0 Å². The predicted molar refractivity (Wildman–Crippen MR) is 208 cm³/mol. The molecule has 0 aliphatic carbocycles. The second kappa shape index (κ2) is 20.4. The van der Waals surface area contributed by atoms with Crippen LogP contribution >= 0.6 is 77.0 Å². The van der Waals surface area contributed by atoms with E-state index in [0.29, 0.717) is 17.8 Å². The lowest BCUT2D eigenvalue weighted by Crippen LogP contribution is -2.26. The van der Waals surface area contributed by atoms with Crippen LogP contribution in [0.15, 0.2) is 69.6 Å². The van der Waals surface area contributed by atoms with Crippen molar-refractivity contribution in [1.29, 1.82) is 0 Å². The Kier molecular flexibility index (Phi) is 17.1. The molecule has 0 aliphatic heterocycles. The number of carbonyl (C=O) groups is 2. The van der Waals surface area contributed by atoms with Gasteiger partial charge in [-0.25, -0.2) is 19.7 Å². The number of rotatable bonds is 13. The van der Waals surface area contributed by atoms with Crippen LogP contribution < -0.4 is 21.6 Å². The van der Waals surface area contributed by atoms with Gasteiger partial charge in [-0.1, -0.05) is 0 Å². The largest absolute Gasteiger partial charge is 0.396 e. The molecule has 0 fully saturated rings. The van der Waals surface area contributed by atoms with E-state index in [1.807, 2.05) is 50.2 Å². The lowest BCUT2D eigenvalue weighted by Gasteiger charge is -2.15. The lowest BCUT2D eigenvalue weighted by atomic mass is 10.1. The number of nitrogens with one attached hydrogen (secondary N) is 4. The minimum atomic E-state index is -0.546. The van der Waals surface area contributed by atoms with Crippen molar-refractivity contribution >= 4 is 112 Å². The maximum Gasteiger partial charge on any atom is 0.276 e. The summed E-state index contributed by atoms with van der Waals surface area (Å²) in [5, 5.41) is 23.6. The molecule has 49 heavy (non-hydrogen) atoms. The number of aliphatic hydroxyl groups excluding tert-OH is 2. The Morgan fingerprint density at radius 1 is 0.673 bits per heavy atom. The number of halogens is 6. The SMILES string of the molecule is Cc1cc(I)ccc1Nc1cc(F)c(Br)cc1C(=O)NOCCCO.Cc1cc(I)ccc1Nc1cc(F)c(Br)cc1C(=O)NOCCO. The summed E-state index contributed by atoms with van der Waals surface area (Å²) in [4.78, 5) is 34.4. The fourth-order valence-corrected chi connectivity index (χ4v) is 6.01. The maximum absolute atomic E-state index is 14.0. The molecule has 0 saturated carbocycles. The zero-order valence-electron chi connectivity index (χ0n) is 26.1. The van der Waals surface area contributed by atoms with E-state index in [2.05, 4.69) is 98.6 Å². The molecule has 0 atom stereocenters. The molecular formula is C33H32Br2F2I2N4O6. The molecule has 6 N–H and O–H groups in total. The average molecular weight is 1030 g/mol. The van der Waals surface area contributed by atoms with Crippen LogP contribution in [-0.2, 0) is 9.68 Å². The summed E-state index contributed by atoms with van der Waals surface area (Å²) in [7, 11) is 0. The molecule has 0 heterocycles. The third kappa shape index (κ3) is 12.7. The first-order chi connectivity index (χ1) is 23.3. The van der Waals surface area contributed by atoms with Crippen molar-refractivity contribution < 1.29 is 38.3 Å². The van der Waals surface area contributed by atoms with Crippen LogP contribution in [0.4, 0.5) is 31.5 Å². The van der Waals surface area contributed by atoms with Gasteiger partial charge in [0, 0.05) is 25.1 Å². The monoisotopic (exact) mass is 1030 g/mol. The number of benzene rings is 4. The highest BCUT2D eigenvalue weighted by Gasteiger charge is 2.18. The van der Waals surface area contributed by atoms with E-state index in [1.54, 1.807) is 0 Å². The van der Waals surface area contributed by atoms with Crippen LogP contribution in [0.2, 0.25) is 0 Å². The predicted octanol–water partition coefficient (Wildman–Crippen LogP) is 8.19. The number of amides is 2. The zero-order valence-corrected chi connectivity index (χ0v) is 33.6. The smallest absolute Gasteiger partial charge is 0.276 e. The molecule has 262 valence electrons. The molecule has 0 aliphatic rings. The van der Waals surface area contributed by atoms with Gasteiger partial charge in [0.1, 0.15) is 11.6 Å². The van der Waals surface area contributed by atoms with E-state index in [9.17, 15) is 18.4 Å². The summed E-state index contributed by atoms with van der Waals surface area (Å²) in [6, 6.07) is 16.8. The Morgan fingerprint density at radius 2 is 1.10 bits per heavy atom. The standard InChI is InChI=1S/C17H17BrFIN2O3.C16H15BrFIN2O3/c1-10-7-11(20)3-4-15(10)21-16-9-14(19)13(18)8-12(16)17(24)22-25-6-2-5-23;1-9-6-10(19)2-3-14(9)20-15-8-13(18)12(17)7-11(15)16(23)21-24-5-4-22/h3-4,7-9,21,23H,2,5-6H2,1H3,(H,22,24);2-3,6-8,20,22H,4-5H2,1H3,(H,21,23). The van der Waals surface area contributed by atoms with Crippen molar-refractivity contribution in [2.75, 3.05) is 37.1 Å². The van der Waals surface area contributed by atoms with Crippen molar-refractivity contribution in [1.82, 2.24) is 11.0 Å². The zero-order chi connectivity index (χ0) is 36.1. The molecular weight excluding hydrogens is 1000 g/mol. The summed E-state index contributed by atoms with van der Waals surface area (Å²) in [6.45, 7) is 3.75. The first kappa shape index (κ1) is 41.0. The molecule has 4 aromatic carbocycles. The van der Waals surface area contributed by atoms with Crippen molar-refractivity contribution in [2.24, 2.45) is 0 Å². The summed E-state index contributed by atoms with van der Waals surface area (Å²) < 4.78 is 30.4. The molecule has 0 aromatic heterocycles. The van der Waals surface area contributed by atoms with Gasteiger partial charge in [0.05, 0.1) is 51.3 Å². The number of hydrogen-bond donors (Lipinski definition) is 6. The Hall–Kier alpha value is -2.46. The van der Waals surface area contributed by atoms with Crippen LogP contribution in [0.5, 0.6) is 0 Å². The fraction of sp³-hybridized carbons (Fsp3) is 0.212.